The van der Waals surface area contributed by atoms with Gasteiger partial charge in [0.05, 0.1) is 34.4 Å². The summed E-state index contributed by atoms with van der Waals surface area (Å²) in [7, 11) is 5.52. The molecule has 8 heteroatoms. The number of quaternary nitrogens is 1. The van der Waals surface area contributed by atoms with Crippen LogP contribution in [0.2, 0.25) is 0 Å². The zero-order valence-corrected chi connectivity index (χ0v) is 39.8. The zero-order valence-electron chi connectivity index (χ0n) is 39.8. The molecule has 0 bridgehead atoms. The van der Waals surface area contributed by atoms with Gasteiger partial charge in [0.2, 0.25) is 0 Å². The summed E-state index contributed by atoms with van der Waals surface area (Å²) in [5.74, 6) is -1.51. The molecule has 0 aliphatic rings. The van der Waals surface area contributed by atoms with Gasteiger partial charge in [-0.15, -0.1) is 0 Å². The quantitative estimate of drug-likeness (QED) is 0.0282. The first-order valence-electron chi connectivity index (χ1n) is 24.5. The normalized spacial score (nSPS) is 13.5. The van der Waals surface area contributed by atoms with Gasteiger partial charge in [0.15, 0.2) is 12.1 Å². The smallest absolute Gasteiger partial charge is 0.362 e. The van der Waals surface area contributed by atoms with E-state index in [1.165, 1.54) is 77.0 Å². The lowest BCUT2D eigenvalue weighted by atomic mass is 10.0. The lowest BCUT2D eigenvalue weighted by molar-refractivity contribution is -0.887. The van der Waals surface area contributed by atoms with Crippen LogP contribution in [0.4, 0.5) is 0 Å². The van der Waals surface area contributed by atoms with Crippen LogP contribution >= 0.6 is 0 Å². The van der Waals surface area contributed by atoms with Crippen LogP contribution in [0.15, 0.2) is 72.9 Å². The molecule has 0 aliphatic heterocycles. The number of esters is 2. The Morgan fingerprint density at radius 3 is 1.30 bits per heavy atom. The SMILES string of the molecule is CC/C=C/C/C=C/C/C=C/C/C=C/CCCCCC(=O)OCC(COCCC(C(=O)O)[N+](C)(C)C)OC(=O)CCCCCCCCCCCCCCCC/C=C/C/C=C/CC. The lowest BCUT2D eigenvalue weighted by Crippen LogP contribution is -2.50. The van der Waals surface area contributed by atoms with E-state index in [0.29, 0.717) is 19.3 Å². The minimum Gasteiger partial charge on any atom is -0.477 e. The first-order valence-corrected chi connectivity index (χ1v) is 24.5. The van der Waals surface area contributed by atoms with Gasteiger partial charge in [-0.2, -0.15) is 0 Å². The monoisotopic (exact) mass is 855 g/mol. The van der Waals surface area contributed by atoms with Crippen molar-refractivity contribution in [1.82, 2.24) is 0 Å². The van der Waals surface area contributed by atoms with Crippen LogP contribution in [0.3, 0.4) is 0 Å². The fraction of sp³-hybridized carbons (Fsp3) is 0.717. The second kappa shape index (κ2) is 43.4. The van der Waals surface area contributed by atoms with E-state index in [-0.39, 0.29) is 36.2 Å². The van der Waals surface area contributed by atoms with Crippen molar-refractivity contribution in [2.75, 3.05) is 41.0 Å². The number of allylic oxidation sites excluding steroid dienone is 12. The number of carboxylic acids is 1. The lowest BCUT2D eigenvalue weighted by Gasteiger charge is -2.31. The summed E-state index contributed by atoms with van der Waals surface area (Å²) in [5, 5.41) is 9.64. The molecule has 2 atom stereocenters. The highest BCUT2D eigenvalue weighted by Gasteiger charge is 2.31. The maximum Gasteiger partial charge on any atom is 0.362 e. The summed E-state index contributed by atoms with van der Waals surface area (Å²) in [6.07, 6.45) is 55.2. The van der Waals surface area contributed by atoms with Crippen LogP contribution in [0, 0.1) is 0 Å². The Hall–Kier alpha value is -3.23. The number of carboxylic acid groups (broad SMARTS) is 1. The van der Waals surface area contributed by atoms with Crippen molar-refractivity contribution in [3.63, 3.8) is 0 Å². The van der Waals surface area contributed by atoms with E-state index in [2.05, 4.69) is 86.8 Å². The summed E-state index contributed by atoms with van der Waals surface area (Å²) in [6.45, 7) is 4.49. The molecule has 0 rings (SSSR count). The highest BCUT2D eigenvalue weighted by atomic mass is 16.6. The summed E-state index contributed by atoms with van der Waals surface area (Å²) in [4.78, 5) is 37.1. The van der Waals surface area contributed by atoms with Gasteiger partial charge in [-0.3, -0.25) is 9.59 Å². The minimum atomic E-state index is -0.881. The van der Waals surface area contributed by atoms with E-state index < -0.39 is 18.1 Å². The molecule has 0 fully saturated rings. The molecule has 0 radical (unpaired) electrons. The Balaban J connectivity index is 4.29. The third-order valence-corrected chi connectivity index (χ3v) is 10.6. The summed E-state index contributed by atoms with van der Waals surface area (Å²) in [5.41, 5.74) is 0. The van der Waals surface area contributed by atoms with Crippen LogP contribution in [-0.4, -0.2) is 80.6 Å². The number of nitrogens with zero attached hydrogens (tertiary/aromatic N) is 1. The third-order valence-electron chi connectivity index (χ3n) is 10.6. The van der Waals surface area contributed by atoms with Crippen molar-refractivity contribution in [3.8, 4) is 0 Å². The van der Waals surface area contributed by atoms with Crippen molar-refractivity contribution in [1.29, 1.82) is 0 Å². The Labute approximate surface area is 374 Å². The standard InChI is InChI=1S/C53H91NO7/c1-6-8-10-12-14-16-18-20-22-24-25-26-27-28-30-32-34-36-38-40-42-44-52(56)61-49(47-59-46-45-50(53(57)58)54(3,4)5)48-60-51(55)43-41-39-37-35-33-31-29-23-21-19-17-15-13-11-9-7-2/h8-11,14-17,21,23,31,33,49-50H,6-7,12-13,18-20,22,24-30,32,34-48H2,1-5H3/p+1/b10-8+,11-9+,16-14+,17-15+,23-21+,33-31+. The number of aliphatic carboxylic acids is 1. The molecule has 0 aromatic carbocycles. The van der Waals surface area contributed by atoms with E-state index in [1.807, 2.05) is 21.1 Å². The second-order valence-corrected chi connectivity index (χ2v) is 17.3. The van der Waals surface area contributed by atoms with Crippen LogP contribution in [0.5, 0.6) is 0 Å². The predicted molar refractivity (Wildman–Crippen MR) is 257 cm³/mol. The topological polar surface area (TPSA) is 99.1 Å². The molecule has 0 spiro atoms. The summed E-state index contributed by atoms with van der Waals surface area (Å²) in [6, 6.07) is -0.622. The van der Waals surface area contributed by atoms with Gasteiger partial charge < -0.3 is 23.8 Å². The zero-order chi connectivity index (χ0) is 44.9. The van der Waals surface area contributed by atoms with Gasteiger partial charge in [-0.1, -0.05) is 170 Å². The van der Waals surface area contributed by atoms with E-state index in [4.69, 9.17) is 14.2 Å². The van der Waals surface area contributed by atoms with Crippen LogP contribution in [0.25, 0.3) is 0 Å². The second-order valence-electron chi connectivity index (χ2n) is 17.3. The molecule has 1 N–H and O–H groups in total. The van der Waals surface area contributed by atoms with Gasteiger partial charge in [0.1, 0.15) is 6.61 Å². The van der Waals surface area contributed by atoms with E-state index >= 15 is 0 Å². The Bertz CT molecular complexity index is 1230. The van der Waals surface area contributed by atoms with Gasteiger partial charge in [-0.25, -0.2) is 4.79 Å². The molecule has 0 aromatic rings. The predicted octanol–water partition coefficient (Wildman–Crippen LogP) is 13.9. The number of carbonyl (C=O) groups excluding carboxylic acids is 2. The largest absolute Gasteiger partial charge is 0.477 e. The fourth-order valence-electron chi connectivity index (χ4n) is 6.89. The van der Waals surface area contributed by atoms with Gasteiger partial charge >= 0.3 is 17.9 Å². The van der Waals surface area contributed by atoms with Gasteiger partial charge in [0.25, 0.3) is 0 Å². The highest BCUT2D eigenvalue weighted by molar-refractivity contribution is 5.72. The molecule has 61 heavy (non-hydrogen) atoms. The fourth-order valence-corrected chi connectivity index (χ4v) is 6.89. The van der Waals surface area contributed by atoms with E-state index in [1.54, 1.807) is 0 Å². The van der Waals surface area contributed by atoms with Gasteiger partial charge in [-0.05, 0) is 77.0 Å². The average molecular weight is 855 g/mol. The van der Waals surface area contributed by atoms with Crippen molar-refractivity contribution < 1.29 is 38.2 Å². The minimum absolute atomic E-state index is 0.0484. The average Bonchev–Trinajstić information content (AvgIpc) is 3.22. The number of hydrogen-bond acceptors (Lipinski definition) is 6. The van der Waals surface area contributed by atoms with Crippen molar-refractivity contribution in [2.45, 2.75) is 206 Å². The number of unbranched alkanes of at least 4 members (excludes halogenated alkanes) is 17. The molecular formula is C53H92NO7+. The van der Waals surface area contributed by atoms with Crippen LogP contribution in [-0.2, 0) is 28.6 Å². The number of likely N-dealkylation sites (N-methyl/N-ethyl adjacent to an activating group) is 1. The molecule has 0 amide bonds. The Morgan fingerprint density at radius 2 is 0.869 bits per heavy atom. The molecule has 0 heterocycles. The molecule has 8 nitrogen and oxygen atoms in total. The molecular weight excluding hydrogens is 763 g/mol. The van der Waals surface area contributed by atoms with Crippen molar-refractivity contribution >= 4 is 17.9 Å². The van der Waals surface area contributed by atoms with Crippen LogP contribution in [0.1, 0.15) is 194 Å². The van der Waals surface area contributed by atoms with E-state index in [0.717, 1.165) is 83.5 Å². The highest BCUT2D eigenvalue weighted by Crippen LogP contribution is 2.15. The maximum absolute atomic E-state index is 12.8. The molecule has 0 saturated heterocycles. The number of carbonyl (C=O) groups is 3. The molecule has 2 unspecified atom stereocenters. The molecule has 350 valence electrons. The van der Waals surface area contributed by atoms with Crippen molar-refractivity contribution in [2.24, 2.45) is 0 Å². The first kappa shape index (κ1) is 57.8. The summed E-state index contributed by atoms with van der Waals surface area (Å²) < 4.78 is 17.3. The maximum atomic E-state index is 12.8. The molecule has 0 saturated carbocycles. The Morgan fingerprint density at radius 1 is 0.492 bits per heavy atom. The molecule has 0 aliphatic carbocycles. The number of ether oxygens (including phenoxy) is 3. The summed E-state index contributed by atoms with van der Waals surface area (Å²) >= 11 is 0. The van der Waals surface area contributed by atoms with E-state index in [9.17, 15) is 19.5 Å². The van der Waals surface area contributed by atoms with Crippen LogP contribution < -0.4 is 0 Å². The first-order chi connectivity index (χ1) is 29.6. The number of hydrogen-bond donors (Lipinski definition) is 1. The van der Waals surface area contributed by atoms with Gasteiger partial charge in [0, 0.05) is 19.3 Å². The van der Waals surface area contributed by atoms with Crippen molar-refractivity contribution in [3.05, 3.63) is 72.9 Å². The Kier molecular flexibility index (Phi) is 41.1. The number of rotatable bonds is 43. The third kappa shape index (κ3) is 41.9. The molecule has 0 aromatic heterocycles.